The van der Waals surface area contributed by atoms with Crippen LogP contribution in [-0.2, 0) is 16.1 Å². The summed E-state index contributed by atoms with van der Waals surface area (Å²) in [4.78, 5) is 28.1. The van der Waals surface area contributed by atoms with Crippen LogP contribution >= 0.6 is 11.3 Å². The third-order valence-corrected chi connectivity index (χ3v) is 7.13. The van der Waals surface area contributed by atoms with Crippen molar-refractivity contribution in [2.24, 2.45) is 5.92 Å². The first kappa shape index (κ1) is 20.0. The summed E-state index contributed by atoms with van der Waals surface area (Å²) in [7, 11) is 0. The highest BCUT2D eigenvalue weighted by molar-refractivity contribution is 7.13. The molecule has 1 aliphatic heterocycles. The number of rotatable bonds is 6. The molecule has 1 saturated carbocycles. The molecule has 1 atom stereocenters. The molecule has 1 aliphatic carbocycles. The topological polar surface area (TPSA) is 67.2 Å². The van der Waals surface area contributed by atoms with Crippen LogP contribution in [0.25, 0.3) is 10.6 Å². The van der Waals surface area contributed by atoms with Gasteiger partial charge in [-0.15, -0.1) is 11.3 Å². The zero-order chi connectivity index (χ0) is 21.2. The second-order valence-corrected chi connectivity index (χ2v) is 9.29. The lowest BCUT2D eigenvalue weighted by molar-refractivity contribution is -0.126. The average Bonchev–Trinajstić information content (AvgIpc) is 3.59. The molecule has 1 saturated heterocycles. The van der Waals surface area contributed by atoms with Crippen molar-refractivity contribution in [3.63, 3.8) is 0 Å². The lowest BCUT2D eigenvalue weighted by Gasteiger charge is -2.16. The van der Waals surface area contributed by atoms with Gasteiger partial charge in [0, 0.05) is 18.7 Å². The first-order chi connectivity index (χ1) is 15.2. The first-order valence-corrected chi connectivity index (χ1v) is 11.8. The fourth-order valence-corrected chi connectivity index (χ4v) is 5.36. The molecule has 31 heavy (non-hydrogen) atoms. The standard InChI is InChI=1S/C24H26N4O2S/c29-23-13-17(16-27(23)19-7-2-1-3-8-19)24(30)25-15-18-14-21(22-11-6-12-31-22)28(26-18)20-9-4-5-10-20/h1-3,6-8,11-12,14,17,20H,4-5,9-10,13,15-16H2,(H,25,30). The highest BCUT2D eigenvalue weighted by Crippen LogP contribution is 2.35. The molecule has 3 heterocycles. The van der Waals surface area contributed by atoms with Crippen molar-refractivity contribution in [1.82, 2.24) is 15.1 Å². The van der Waals surface area contributed by atoms with E-state index in [-0.39, 0.29) is 24.2 Å². The molecule has 0 radical (unpaired) electrons. The number of hydrogen-bond donors (Lipinski definition) is 1. The summed E-state index contributed by atoms with van der Waals surface area (Å²) in [5, 5.41) is 9.96. The molecule has 3 aromatic rings. The van der Waals surface area contributed by atoms with Crippen LogP contribution in [0.1, 0.15) is 43.8 Å². The largest absolute Gasteiger partial charge is 0.350 e. The minimum atomic E-state index is -0.332. The number of para-hydroxylation sites is 1. The maximum absolute atomic E-state index is 12.8. The molecule has 2 fully saturated rings. The van der Waals surface area contributed by atoms with E-state index in [1.54, 1.807) is 16.2 Å². The molecule has 1 unspecified atom stereocenters. The van der Waals surface area contributed by atoms with E-state index in [0.29, 0.717) is 19.1 Å². The number of aromatic nitrogens is 2. The average molecular weight is 435 g/mol. The van der Waals surface area contributed by atoms with Crippen molar-refractivity contribution in [2.75, 3.05) is 11.4 Å². The Balaban J connectivity index is 1.26. The van der Waals surface area contributed by atoms with Crippen molar-refractivity contribution in [3.8, 4) is 10.6 Å². The summed E-state index contributed by atoms with van der Waals surface area (Å²) >= 11 is 1.71. The highest BCUT2D eigenvalue weighted by Gasteiger charge is 2.35. The fraction of sp³-hybridized carbons (Fsp3) is 0.375. The molecule has 2 aliphatic rings. The third-order valence-electron chi connectivity index (χ3n) is 6.24. The number of benzene rings is 1. The third kappa shape index (κ3) is 4.14. The van der Waals surface area contributed by atoms with E-state index in [1.165, 1.54) is 17.7 Å². The predicted octanol–water partition coefficient (Wildman–Crippen LogP) is 4.40. The van der Waals surface area contributed by atoms with E-state index < -0.39 is 0 Å². The van der Waals surface area contributed by atoms with Crippen LogP contribution in [0.4, 0.5) is 5.69 Å². The SMILES string of the molecule is O=C(NCc1cc(-c2cccs2)n(C2CCCC2)n1)C1CC(=O)N(c2ccccc2)C1. The number of nitrogens with one attached hydrogen (secondary N) is 1. The van der Waals surface area contributed by atoms with Gasteiger partial charge >= 0.3 is 0 Å². The summed E-state index contributed by atoms with van der Waals surface area (Å²) in [5.41, 5.74) is 2.85. The first-order valence-electron chi connectivity index (χ1n) is 10.9. The van der Waals surface area contributed by atoms with Gasteiger partial charge in [0.15, 0.2) is 0 Å². The van der Waals surface area contributed by atoms with Gasteiger partial charge in [0.05, 0.1) is 34.8 Å². The Kier molecular flexibility index (Phi) is 5.59. The molecule has 160 valence electrons. The Hall–Kier alpha value is -2.93. The molecule has 2 aromatic heterocycles. The van der Waals surface area contributed by atoms with Gasteiger partial charge in [-0.2, -0.15) is 5.10 Å². The summed E-state index contributed by atoms with van der Waals surface area (Å²) in [5.74, 6) is -0.418. The zero-order valence-electron chi connectivity index (χ0n) is 17.4. The lowest BCUT2D eigenvalue weighted by Crippen LogP contribution is -2.32. The number of anilines is 1. The molecular weight excluding hydrogens is 408 g/mol. The summed E-state index contributed by atoms with van der Waals surface area (Å²) < 4.78 is 2.16. The quantitative estimate of drug-likeness (QED) is 0.625. The molecule has 0 spiro atoms. The van der Waals surface area contributed by atoms with E-state index in [1.807, 2.05) is 30.3 Å². The van der Waals surface area contributed by atoms with Crippen molar-refractivity contribution in [2.45, 2.75) is 44.7 Å². The highest BCUT2D eigenvalue weighted by atomic mass is 32.1. The summed E-state index contributed by atoms with van der Waals surface area (Å²) in [6.07, 6.45) is 5.05. The smallest absolute Gasteiger partial charge is 0.227 e. The number of amides is 2. The van der Waals surface area contributed by atoms with Crippen LogP contribution in [0, 0.1) is 5.92 Å². The number of nitrogens with zero attached hydrogens (tertiary/aromatic N) is 3. The van der Waals surface area contributed by atoms with Gasteiger partial charge in [-0.05, 0) is 42.5 Å². The van der Waals surface area contributed by atoms with Crippen molar-refractivity contribution in [3.05, 3.63) is 59.6 Å². The van der Waals surface area contributed by atoms with Gasteiger partial charge in [0.2, 0.25) is 11.8 Å². The van der Waals surface area contributed by atoms with E-state index in [9.17, 15) is 9.59 Å². The van der Waals surface area contributed by atoms with Crippen LogP contribution in [-0.4, -0.2) is 28.1 Å². The Morgan fingerprint density at radius 2 is 1.94 bits per heavy atom. The van der Waals surface area contributed by atoms with Gasteiger partial charge in [-0.3, -0.25) is 14.3 Å². The molecule has 1 aromatic carbocycles. The molecule has 7 heteroatoms. The van der Waals surface area contributed by atoms with Crippen molar-refractivity contribution in [1.29, 1.82) is 0 Å². The number of hydrogen-bond acceptors (Lipinski definition) is 4. The Morgan fingerprint density at radius 1 is 1.13 bits per heavy atom. The summed E-state index contributed by atoms with van der Waals surface area (Å²) in [6.45, 7) is 0.804. The molecule has 0 bridgehead atoms. The lowest BCUT2D eigenvalue weighted by atomic mass is 10.1. The Labute approximate surface area is 185 Å². The molecular formula is C24H26N4O2S. The summed E-state index contributed by atoms with van der Waals surface area (Å²) in [6, 6.07) is 16.3. The monoisotopic (exact) mass is 434 g/mol. The van der Waals surface area contributed by atoms with Gasteiger partial charge in [-0.1, -0.05) is 37.1 Å². The molecule has 2 amide bonds. The van der Waals surface area contributed by atoms with Crippen LogP contribution in [0.2, 0.25) is 0 Å². The number of thiophene rings is 1. The van der Waals surface area contributed by atoms with Crippen molar-refractivity contribution < 1.29 is 9.59 Å². The van der Waals surface area contributed by atoms with Crippen LogP contribution < -0.4 is 10.2 Å². The fourth-order valence-electron chi connectivity index (χ4n) is 4.63. The van der Waals surface area contributed by atoms with E-state index in [0.717, 1.165) is 29.9 Å². The predicted molar refractivity (Wildman–Crippen MR) is 122 cm³/mol. The van der Waals surface area contributed by atoms with E-state index in [4.69, 9.17) is 5.10 Å². The Morgan fingerprint density at radius 3 is 2.68 bits per heavy atom. The maximum atomic E-state index is 12.8. The molecule has 1 N–H and O–H groups in total. The van der Waals surface area contributed by atoms with E-state index >= 15 is 0 Å². The second kappa shape index (κ2) is 8.67. The van der Waals surface area contributed by atoms with Gasteiger partial charge in [0.1, 0.15) is 0 Å². The molecule has 6 nitrogen and oxygen atoms in total. The van der Waals surface area contributed by atoms with Gasteiger partial charge in [0.25, 0.3) is 0 Å². The van der Waals surface area contributed by atoms with Crippen LogP contribution in [0.5, 0.6) is 0 Å². The van der Waals surface area contributed by atoms with E-state index in [2.05, 4.69) is 33.6 Å². The minimum Gasteiger partial charge on any atom is -0.350 e. The van der Waals surface area contributed by atoms with Gasteiger partial charge < -0.3 is 10.2 Å². The minimum absolute atomic E-state index is 0.00292. The Bertz CT molecular complexity index is 1050. The normalized spacial score (nSPS) is 19.3. The number of carbonyl (C=O) groups is 2. The zero-order valence-corrected chi connectivity index (χ0v) is 18.2. The second-order valence-electron chi connectivity index (χ2n) is 8.34. The maximum Gasteiger partial charge on any atom is 0.227 e. The molecule has 5 rings (SSSR count). The van der Waals surface area contributed by atoms with Gasteiger partial charge in [-0.25, -0.2) is 0 Å². The van der Waals surface area contributed by atoms with Crippen LogP contribution in [0.3, 0.4) is 0 Å². The number of carbonyl (C=O) groups excluding carboxylic acids is 2. The van der Waals surface area contributed by atoms with Crippen LogP contribution in [0.15, 0.2) is 53.9 Å². The van der Waals surface area contributed by atoms with Crippen molar-refractivity contribution >= 4 is 28.8 Å².